The Morgan fingerprint density at radius 2 is 2.31 bits per heavy atom. The summed E-state index contributed by atoms with van der Waals surface area (Å²) in [6.07, 6.45) is 1.27. The van der Waals surface area contributed by atoms with Crippen LogP contribution in [0.25, 0.3) is 0 Å². The number of hydrogen-bond acceptors (Lipinski definition) is 6. The lowest BCUT2D eigenvalue weighted by atomic mass is 10.5. The van der Waals surface area contributed by atoms with Crippen LogP contribution in [0.3, 0.4) is 0 Å². The van der Waals surface area contributed by atoms with E-state index in [0.29, 0.717) is 11.8 Å². The molecule has 6 nitrogen and oxygen atoms in total. The Labute approximate surface area is 96.7 Å². The molecule has 0 aromatic carbocycles. The predicted octanol–water partition coefficient (Wildman–Crippen LogP) is 0.480. The molecule has 1 rings (SSSR count). The molecule has 0 bridgehead atoms. The molecule has 0 aliphatic heterocycles. The highest BCUT2D eigenvalue weighted by Crippen LogP contribution is 2.23. The van der Waals surface area contributed by atoms with Crippen molar-refractivity contribution in [2.45, 2.75) is 16.8 Å². The fourth-order valence-electron chi connectivity index (χ4n) is 0.942. The smallest absolute Gasteiger partial charge is 0.274 e. The molecule has 84 valence electrons. The average Bonchev–Trinajstić information content (AvgIpc) is 2.17. The topological polar surface area (TPSA) is 99.9 Å². The molecule has 16 heavy (non-hydrogen) atoms. The first kappa shape index (κ1) is 12.5. The molecule has 0 aliphatic rings. The van der Waals surface area contributed by atoms with Gasteiger partial charge in [-0.2, -0.15) is 13.7 Å². The average molecular weight is 257 g/mol. The molecule has 0 atom stereocenters. The van der Waals surface area contributed by atoms with Crippen LogP contribution in [-0.2, 0) is 14.8 Å². The predicted molar refractivity (Wildman–Crippen MR) is 56.7 cm³/mol. The van der Waals surface area contributed by atoms with Gasteiger partial charge in [-0.05, 0) is 23.9 Å². The summed E-state index contributed by atoms with van der Waals surface area (Å²) in [6.45, 7) is 1.08. The summed E-state index contributed by atoms with van der Waals surface area (Å²) in [5.41, 5.74) is 0. The summed E-state index contributed by atoms with van der Waals surface area (Å²) in [5, 5.41) is 9.92. The van der Waals surface area contributed by atoms with Crippen molar-refractivity contribution >= 4 is 27.7 Å². The molecule has 1 N–H and O–H groups in total. The zero-order valence-electron chi connectivity index (χ0n) is 8.17. The Balaban J connectivity index is 3.23. The maximum Gasteiger partial charge on any atom is 0.282 e. The first-order valence-electron chi connectivity index (χ1n) is 4.01. The molecule has 1 aromatic heterocycles. The molecule has 1 heterocycles. The van der Waals surface area contributed by atoms with Crippen molar-refractivity contribution in [3.63, 3.8) is 0 Å². The van der Waals surface area contributed by atoms with E-state index in [-0.39, 0.29) is 9.92 Å². The number of carbonyl (C=O) groups excluding carboxylic acids is 1. The number of carbonyl (C=O) groups is 1. The zero-order valence-corrected chi connectivity index (χ0v) is 9.80. The fraction of sp³-hybridized carbons (Fsp3) is 0.125. The van der Waals surface area contributed by atoms with Gasteiger partial charge < -0.3 is 0 Å². The van der Waals surface area contributed by atoms with Gasteiger partial charge in [-0.3, -0.25) is 4.79 Å². The third kappa shape index (κ3) is 2.95. The largest absolute Gasteiger partial charge is 0.282 e. The van der Waals surface area contributed by atoms with Gasteiger partial charge in [0.15, 0.2) is 5.03 Å². The Hall–Kier alpha value is -1.59. The van der Waals surface area contributed by atoms with Crippen LogP contribution in [0.15, 0.2) is 28.3 Å². The van der Waals surface area contributed by atoms with Crippen molar-refractivity contribution in [2.24, 2.45) is 0 Å². The summed E-state index contributed by atoms with van der Waals surface area (Å²) < 4.78 is 25.0. The Morgan fingerprint density at radius 1 is 1.62 bits per heavy atom. The minimum atomic E-state index is -3.99. The Morgan fingerprint density at radius 3 is 2.88 bits per heavy atom. The van der Waals surface area contributed by atoms with Crippen LogP contribution in [-0.4, -0.2) is 19.3 Å². The molecule has 0 aliphatic carbocycles. The van der Waals surface area contributed by atoms with Gasteiger partial charge in [0.25, 0.3) is 10.0 Å². The van der Waals surface area contributed by atoms with Gasteiger partial charge in [-0.15, -0.1) is 0 Å². The highest BCUT2D eigenvalue weighted by Gasteiger charge is 2.21. The molecule has 0 fully saturated rings. The lowest BCUT2D eigenvalue weighted by molar-refractivity contribution is -0.117. The standard InChI is InChI=1S/C8H7N3O3S2/c1-6(12)11-16(13,14)8-7(15-5-9)3-2-4-10-8/h2-4H,1H3,(H,11,12). The number of rotatable bonds is 3. The minimum absolute atomic E-state index is 0.179. The Kier molecular flexibility index (Phi) is 3.87. The second-order valence-corrected chi connectivity index (χ2v) is 5.09. The molecule has 8 heteroatoms. The number of pyridine rings is 1. The lowest BCUT2D eigenvalue weighted by Gasteiger charge is -2.05. The number of thiocyanates is 1. The van der Waals surface area contributed by atoms with E-state index in [0.717, 1.165) is 6.92 Å². The van der Waals surface area contributed by atoms with Gasteiger partial charge in [-0.1, -0.05) is 0 Å². The molecular weight excluding hydrogens is 250 g/mol. The van der Waals surface area contributed by atoms with Crippen LogP contribution in [0.5, 0.6) is 0 Å². The van der Waals surface area contributed by atoms with E-state index in [4.69, 9.17) is 5.26 Å². The second kappa shape index (κ2) is 4.96. The number of hydrogen-bond donors (Lipinski definition) is 1. The summed E-state index contributed by atoms with van der Waals surface area (Å²) >= 11 is 0.668. The molecule has 0 radical (unpaired) electrons. The maximum atomic E-state index is 11.6. The summed E-state index contributed by atoms with van der Waals surface area (Å²) in [4.78, 5) is 14.5. The van der Waals surface area contributed by atoms with Crippen LogP contribution in [0.2, 0.25) is 0 Å². The molecule has 1 aromatic rings. The third-order valence-corrected chi connectivity index (χ3v) is 3.58. The van der Waals surface area contributed by atoms with E-state index in [1.807, 2.05) is 0 Å². The summed E-state index contributed by atoms with van der Waals surface area (Å²) in [6, 6.07) is 2.95. The number of thioether (sulfide) groups is 1. The van der Waals surface area contributed by atoms with E-state index in [9.17, 15) is 13.2 Å². The number of nitriles is 1. The second-order valence-electron chi connectivity index (χ2n) is 2.66. The van der Waals surface area contributed by atoms with Gasteiger partial charge in [-0.25, -0.2) is 9.71 Å². The minimum Gasteiger partial charge on any atom is -0.274 e. The zero-order chi connectivity index (χ0) is 12.2. The first-order valence-corrected chi connectivity index (χ1v) is 6.31. The van der Waals surface area contributed by atoms with Gasteiger partial charge in [0, 0.05) is 13.1 Å². The molecule has 0 spiro atoms. The van der Waals surface area contributed by atoms with Crippen molar-refractivity contribution < 1.29 is 13.2 Å². The maximum absolute atomic E-state index is 11.6. The van der Waals surface area contributed by atoms with Crippen LogP contribution < -0.4 is 4.72 Å². The molecule has 1 amide bonds. The summed E-state index contributed by atoms with van der Waals surface area (Å²) in [7, 11) is -3.99. The Bertz CT molecular complexity index is 548. The van der Waals surface area contributed by atoms with Gasteiger partial charge in [0.05, 0.1) is 4.90 Å². The van der Waals surface area contributed by atoms with Crippen LogP contribution in [0.4, 0.5) is 0 Å². The number of sulfonamides is 1. The monoisotopic (exact) mass is 257 g/mol. The van der Waals surface area contributed by atoms with Crippen molar-refractivity contribution in [2.75, 3.05) is 0 Å². The van der Waals surface area contributed by atoms with Gasteiger partial charge in [0.2, 0.25) is 5.91 Å². The third-order valence-electron chi connectivity index (χ3n) is 1.42. The molecule has 0 unspecified atom stereocenters. The summed E-state index contributed by atoms with van der Waals surface area (Å²) in [5.74, 6) is -0.710. The molecule has 0 saturated carbocycles. The number of aromatic nitrogens is 1. The fourth-order valence-corrected chi connectivity index (χ4v) is 2.79. The molecular formula is C8H7N3O3S2. The van der Waals surface area contributed by atoms with Crippen molar-refractivity contribution in [3.05, 3.63) is 18.3 Å². The normalized spacial score (nSPS) is 10.5. The highest BCUT2D eigenvalue weighted by molar-refractivity contribution is 8.04. The van der Waals surface area contributed by atoms with Gasteiger partial charge in [0.1, 0.15) is 5.40 Å². The van der Waals surface area contributed by atoms with E-state index < -0.39 is 15.9 Å². The van der Waals surface area contributed by atoms with Crippen molar-refractivity contribution in [1.82, 2.24) is 9.71 Å². The van der Waals surface area contributed by atoms with E-state index in [1.165, 1.54) is 18.3 Å². The van der Waals surface area contributed by atoms with Crippen LogP contribution >= 0.6 is 11.8 Å². The van der Waals surface area contributed by atoms with Gasteiger partial charge >= 0.3 is 0 Å². The number of nitrogens with one attached hydrogen (secondary N) is 1. The van der Waals surface area contributed by atoms with Crippen molar-refractivity contribution in [3.8, 4) is 5.40 Å². The highest BCUT2D eigenvalue weighted by atomic mass is 32.2. The van der Waals surface area contributed by atoms with Crippen LogP contribution in [0, 0.1) is 10.7 Å². The quantitative estimate of drug-likeness (QED) is 0.624. The van der Waals surface area contributed by atoms with Crippen molar-refractivity contribution in [1.29, 1.82) is 5.26 Å². The lowest BCUT2D eigenvalue weighted by Crippen LogP contribution is -2.29. The van der Waals surface area contributed by atoms with Crippen LogP contribution in [0.1, 0.15) is 6.92 Å². The van der Waals surface area contributed by atoms with E-state index in [1.54, 1.807) is 10.1 Å². The molecule has 0 saturated heterocycles. The number of nitrogens with zero attached hydrogens (tertiary/aromatic N) is 2. The van der Waals surface area contributed by atoms with E-state index >= 15 is 0 Å². The van der Waals surface area contributed by atoms with E-state index in [2.05, 4.69) is 4.98 Å². The SMILES string of the molecule is CC(=O)NS(=O)(=O)c1ncccc1SC#N. The first-order chi connectivity index (χ1) is 7.47. The number of amides is 1.